The maximum atomic E-state index is 14.4. The highest BCUT2D eigenvalue weighted by Crippen LogP contribution is 2.26. The minimum atomic E-state index is -4.88. The van der Waals surface area contributed by atoms with Crippen LogP contribution in [0.2, 0.25) is 0 Å². The van der Waals surface area contributed by atoms with Crippen molar-refractivity contribution >= 4 is 5.97 Å². The molecule has 0 spiro atoms. The highest BCUT2D eigenvalue weighted by Gasteiger charge is 2.29. The summed E-state index contributed by atoms with van der Waals surface area (Å²) in [6, 6.07) is 14.0. The lowest BCUT2D eigenvalue weighted by molar-refractivity contribution is -0.330. The lowest BCUT2D eigenvalue weighted by Crippen LogP contribution is -2.13. The Labute approximate surface area is 181 Å². The number of aryl methyl sites for hydroxylation is 1. The van der Waals surface area contributed by atoms with Crippen LogP contribution < -0.4 is 4.74 Å². The molecule has 0 amide bonds. The first-order valence-electron chi connectivity index (χ1n) is 9.76. The van der Waals surface area contributed by atoms with Crippen molar-refractivity contribution in [3.63, 3.8) is 0 Å². The average molecular weight is 450 g/mol. The summed E-state index contributed by atoms with van der Waals surface area (Å²) in [5, 5.41) is 0. The monoisotopic (exact) mass is 450 g/mol. The number of ether oxygens (including phenoxy) is 2. The van der Waals surface area contributed by atoms with Gasteiger partial charge < -0.3 is 4.74 Å². The Balaban J connectivity index is 1.68. The van der Waals surface area contributed by atoms with Gasteiger partial charge in [0.05, 0.1) is 12.2 Å². The molecule has 0 heterocycles. The van der Waals surface area contributed by atoms with Crippen molar-refractivity contribution in [2.45, 2.75) is 32.7 Å². The van der Waals surface area contributed by atoms with Gasteiger partial charge in [0.1, 0.15) is 17.4 Å². The third-order valence-corrected chi connectivity index (χ3v) is 4.63. The second kappa shape index (κ2) is 9.91. The molecular weight excluding hydrogens is 431 g/mol. The first-order valence-corrected chi connectivity index (χ1v) is 9.76. The van der Waals surface area contributed by atoms with Crippen LogP contribution in [0.25, 0.3) is 11.1 Å². The topological polar surface area (TPSA) is 35.5 Å². The van der Waals surface area contributed by atoms with Crippen molar-refractivity contribution < 1.29 is 36.2 Å². The summed E-state index contributed by atoms with van der Waals surface area (Å²) >= 11 is 0. The van der Waals surface area contributed by atoms with Crippen molar-refractivity contribution in [3.8, 4) is 16.9 Å². The van der Waals surface area contributed by atoms with Gasteiger partial charge in [-0.2, -0.15) is 0 Å². The molecule has 0 atom stereocenters. The van der Waals surface area contributed by atoms with Gasteiger partial charge in [-0.05, 0) is 41.8 Å². The van der Waals surface area contributed by atoms with Crippen molar-refractivity contribution in [2.24, 2.45) is 0 Å². The molecule has 0 aliphatic rings. The van der Waals surface area contributed by atoms with E-state index in [1.807, 2.05) is 13.0 Å². The Morgan fingerprint density at radius 2 is 1.62 bits per heavy atom. The molecule has 32 heavy (non-hydrogen) atoms. The van der Waals surface area contributed by atoms with Gasteiger partial charge in [0.15, 0.2) is 0 Å². The van der Waals surface area contributed by atoms with Crippen molar-refractivity contribution in [1.82, 2.24) is 0 Å². The zero-order chi connectivity index (χ0) is 23.3. The molecule has 0 N–H and O–H groups in total. The van der Waals surface area contributed by atoms with E-state index in [1.165, 1.54) is 18.2 Å². The molecule has 0 aliphatic carbocycles. The molecule has 0 fully saturated rings. The summed E-state index contributed by atoms with van der Waals surface area (Å²) in [5.74, 6) is -2.34. The van der Waals surface area contributed by atoms with Gasteiger partial charge in [-0.15, -0.1) is 13.2 Å². The van der Waals surface area contributed by atoms with Gasteiger partial charge in [-0.3, -0.25) is 4.74 Å². The van der Waals surface area contributed by atoms with Crippen LogP contribution in [0, 0.1) is 11.6 Å². The maximum Gasteiger partial charge on any atom is 0.522 e. The Morgan fingerprint density at radius 1 is 0.906 bits per heavy atom. The average Bonchev–Trinajstić information content (AvgIpc) is 2.73. The molecule has 8 heteroatoms. The normalized spacial score (nSPS) is 11.4. The summed E-state index contributed by atoms with van der Waals surface area (Å²) in [5.41, 5.74) is 1.67. The van der Waals surface area contributed by atoms with Gasteiger partial charge in [-0.1, -0.05) is 43.7 Å². The first kappa shape index (κ1) is 23.4. The summed E-state index contributed by atoms with van der Waals surface area (Å²) in [7, 11) is 0. The van der Waals surface area contributed by atoms with E-state index in [4.69, 9.17) is 4.74 Å². The van der Waals surface area contributed by atoms with Crippen LogP contribution in [0.4, 0.5) is 22.0 Å². The number of carbonyl (C=O) groups is 1. The van der Waals surface area contributed by atoms with E-state index in [2.05, 4.69) is 4.74 Å². The zero-order valence-electron chi connectivity index (χ0n) is 17.0. The standard InChI is InChI=1S/C24H19F5O3/c1-2-3-15-4-11-20(22(26)12-15)16-5-7-17(8-6-16)23(30)32-19-10-9-18(21(25)13-19)14-31-24(27,28)29/h4-13H,2-3,14H2,1H3. The van der Waals surface area contributed by atoms with Gasteiger partial charge >= 0.3 is 12.3 Å². The number of hydrogen-bond acceptors (Lipinski definition) is 3. The van der Waals surface area contributed by atoms with Crippen molar-refractivity contribution in [1.29, 1.82) is 0 Å². The van der Waals surface area contributed by atoms with Crippen LogP contribution in [0.1, 0.15) is 34.8 Å². The first-order chi connectivity index (χ1) is 15.2. The Hall–Kier alpha value is -3.26. The Kier molecular flexibility index (Phi) is 7.25. The lowest BCUT2D eigenvalue weighted by Gasteiger charge is -2.10. The molecule has 0 aromatic heterocycles. The van der Waals surface area contributed by atoms with Crippen LogP contribution in [-0.2, 0) is 17.8 Å². The third kappa shape index (κ3) is 6.13. The van der Waals surface area contributed by atoms with Crippen LogP contribution >= 0.6 is 0 Å². The summed E-state index contributed by atoms with van der Waals surface area (Å²) < 4.78 is 73.3. The molecule has 0 saturated carbocycles. The Morgan fingerprint density at radius 3 is 2.22 bits per heavy atom. The number of carbonyl (C=O) groups excluding carboxylic acids is 1. The second-order valence-electron chi connectivity index (χ2n) is 7.02. The summed E-state index contributed by atoms with van der Waals surface area (Å²) in [6.07, 6.45) is -3.20. The minimum Gasteiger partial charge on any atom is -0.423 e. The van der Waals surface area contributed by atoms with Gasteiger partial charge in [0.2, 0.25) is 0 Å². The summed E-state index contributed by atoms with van der Waals surface area (Å²) in [6.45, 7) is 1.01. The zero-order valence-corrected chi connectivity index (χ0v) is 17.0. The molecule has 3 aromatic rings. The largest absolute Gasteiger partial charge is 0.522 e. The quantitative estimate of drug-likeness (QED) is 0.225. The van der Waals surface area contributed by atoms with Gasteiger partial charge in [-0.25, -0.2) is 13.6 Å². The third-order valence-electron chi connectivity index (χ3n) is 4.63. The van der Waals surface area contributed by atoms with E-state index in [-0.39, 0.29) is 22.7 Å². The van der Waals surface area contributed by atoms with E-state index in [1.54, 1.807) is 18.2 Å². The molecular formula is C24H19F5O3. The highest BCUT2D eigenvalue weighted by molar-refractivity contribution is 5.91. The molecule has 3 aromatic carbocycles. The van der Waals surface area contributed by atoms with Gasteiger partial charge in [0.25, 0.3) is 0 Å². The number of hydrogen-bond donors (Lipinski definition) is 0. The SMILES string of the molecule is CCCc1ccc(-c2ccc(C(=O)Oc3ccc(COC(F)(F)F)c(F)c3)cc2)c(F)c1. The molecule has 168 valence electrons. The molecule has 0 unspecified atom stereocenters. The van der Waals surface area contributed by atoms with E-state index < -0.39 is 24.8 Å². The van der Waals surface area contributed by atoms with E-state index in [0.29, 0.717) is 11.1 Å². The van der Waals surface area contributed by atoms with E-state index in [9.17, 15) is 26.7 Å². The number of esters is 1. The van der Waals surface area contributed by atoms with Gasteiger partial charge in [0, 0.05) is 17.2 Å². The Bertz CT molecular complexity index is 1090. The summed E-state index contributed by atoms with van der Waals surface area (Å²) in [4.78, 5) is 12.3. The minimum absolute atomic E-state index is 0.140. The number of alkyl halides is 3. The van der Waals surface area contributed by atoms with Crippen molar-refractivity contribution in [3.05, 3.63) is 89.0 Å². The maximum absolute atomic E-state index is 14.4. The molecule has 0 radical (unpaired) electrons. The van der Waals surface area contributed by atoms with Crippen LogP contribution in [0.15, 0.2) is 60.7 Å². The molecule has 0 aliphatic heterocycles. The fourth-order valence-electron chi connectivity index (χ4n) is 3.06. The fourth-order valence-corrected chi connectivity index (χ4v) is 3.06. The van der Waals surface area contributed by atoms with E-state index >= 15 is 0 Å². The van der Waals surface area contributed by atoms with Crippen LogP contribution in [-0.4, -0.2) is 12.3 Å². The molecule has 3 rings (SSSR count). The predicted molar refractivity (Wildman–Crippen MR) is 108 cm³/mol. The number of benzene rings is 3. The van der Waals surface area contributed by atoms with E-state index in [0.717, 1.165) is 36.6 Å². The number of rotatable bonds is 7. The lowest BCUT2D eigenvalue weighted by atomic mass is 10.0. The number of halogens is 5. The predicted octanol–water partition coefficient (Wildman–Crippen LogP) is 6.84. The smallest absolute Gasteiger partial charge is 0.423 e. The molecule has 0 saturated heterocycles. The van der Waals surface area contributed by atoms with Crippen LogP contribution in [0.3, 0.4) is 0 Å². The molecule has 3 nitrogen and oxygen atoms in total. The van der Waals surface area contributed by atoms with Crippen molar-refractivity contribution in [2.75, 3.05) is 0 Å². The molecule has 0 bridgehead atoms. The fraction of sp³-hybridized carbons (Fsp3) is 0.208. The second-order valence-corrected chi connectivity index (χ2v) is 7.02. The highest BCUT2D eigenvalue weighted by atomic mass is 19.4. The van der Waals surface area contributed by atoms with Crippen LogP contribution in [0.5, 0.6) is 5.75 Å².